The fourth-order valence-corrected chi connectivity index (χ4v) is 1.82. The lowest BCUT2D eigenvalue weighted by Gasteiger charge is -2.22. The zero-order valence-corrected chi connectivity index (χ0v) is 8.92. The Morgan fingerprint density at radius 1 is 1.50 bits per heavy atom. The van der Waals surface area contributed by atoms with E-state index in [1.807, 2.05) is 6.92 Å². The minimum absolute atomic E-state index is 0.251. The van der Waals surface area contributed by atoms with Gasteiger partial charge in [0.05, 0.1) is 11.4 Å². The molecule has 4 N–H and O–H groups in total. The summed E-state index contributed by atoms with van der Waals surface area (Å²) in [6, 6.07) is 0. The molecule has 1 heterocycles. The summed E-state index contributed by atoms with van der Waals surface area (Å²) in [6.45, 7) is 4.69. The van der Waals surface area contributed by atoms with Crippen LogP contribution in [0.4, 0.5) is 0 Å². The second-order valence-corrected chi connectivity index (χ2v) is 4.47. The second kappa shape index (κ2) is 4.75. The Hall–Kier alpha value is -0.610. The van der Waals surface area contributed by atoms with Gasteiger partial charge < -0.3 is 15.7 Å². The van der Waals surface area contributed by atoms with Crippen LogP contribution in [0.1, 0.15) is 32.6 Å². The van der Waals surface area contributed by atoms with E-state index < -0.39 is 5.60 Å². The van der Waals surface area contributed by atoms with Crippen molar-refractivity contribution in [1.29, 1.82) is 5.41 Å². The monoisotopic (exact) mass is 199 g/mol. The van der Waals surface area contributed by atoms with E-state index in [1.165, 1.54) is 0 Å². The number of likely N-dealkylation sites (tertiary alicyclic amines) is 1. The average molecular weight is 199 g/mol. The van der Waals surface area contributed by atoms with Gasteiger partial charge in [0.25, 0.3) is 0 Å². The number of aliphatic hydroxyl groups is 1. The number of nitrogens with one attached hydrogen (secondary N) is 1. The van der Waals surface area contributed by atoms with Gasteiger partial charge in [-0.2, -0.15) is 0 Å². The van der Waals surface area contributed by atoms with Crippen molar-refractivity contribution in [3.05, 3.63) is 0 Å². The Labute approximate surface area is 85.6 Å². The van der Waals surface area contributed by atoms with Crippen molar-refractivity contribution in [2.45, 2.75) is 38.2 Å². The standard InChI is InChI=1S/C10H21N3O/c1-10(14)4-2-6-13(8-5-10)7-3-9(11)12/h14H,2-8H2,1H3,(H3,11,12). The van der Waals surface area contributed by atoms with E-state index in [0.717, 1.165) is 38.9 Å². The summed E-state index contributed by atoms with van der Waals surface area (Å²) < 4.78 is 0. The fourth-order valence-electron chi connectivity index (χ4n) is 1.82. The van der Waals surface area contributed by atoms with Crippen molar-refractivity contribution in [3.63, 3.8) is 0 Å². The lowest BCUT2D eigenvalue weighted by atomic mass is 9.98. The third-order valence-corrected chi connectivity index (χ3v) is 2.85. The molecule has 4 nitrogen and oxygen atoms in total. The van der Waals surface area contributed by atoms with Gasteiger partial charge in [-0.15, -0.1) is 0 Å². The van der Waals surface area contributed by atoms with Crippen LogP contribution in [0.3, 0.4) is 0 Å². The van der Waals surface area contributed by atoms with Gasteiger partial charge >= 0.3 is 0 Å². The highest BCUT2D eigenvalue weighted by molar-refractivity contribution is 5.76. The highest BCUT2D eigenvalue weighted by atomic mass is 16.3. The highest BCUT2D eigenvalue weighted by Crippen LogP contribution is 2.21. The molecule has 0 aromatic rings. The molecule has 1 aliphatic rings. The number of nitrogens with two attached hydrogens (primary N) is 1. The lowest BCUT2D eigenvalue weighted by Crippen LogP contribution is -2.30. The van der Waals surface area contributed by atoms with E-state index in [1.54, 1.807) is 0 Å². The Kier molecular flexibility index (Phi) is 3.89. The van der Waals surface area contributed by atoms with Crippen LogP contribution in [-0.2, 0) is 0 Å². The zero-order valence-electron chi connectivity index (χ0n) is 8.92. The molecule has 4 heteroatoms. The van der Waals surface area contributed by atoms with Crippen LogP contribution in [0.15, 0.2) is 0 Å². The van der Waals surface area contributed by atoms with Gasteiger partial charge in [0, 0.05) is 19.5 Å². The topological polar surface area (TPSA) is 73.3 Å². The molecule has 0 spiro atoms. The maximum absolute atomic E-state index is 9.86. The predicted octanol–water partition coefficient (Wildman–Crippen LogP) is 0.549. The molecule has 82 valence electrons. The summed E-state index contributed by atoms with van der Waals surface area (Å²) in [6.07, 6.45) is 3.38. The Balaban J connectivity index is 2.31. The van der Waals surface area contributed by atoms with Gasteiger partial charge in [-0.25, -0.2) is 0 Å². The van der Waals surface area contributed by atoms with Gasteiger partial charge in [-0.1, -0.05) is 0 Å². The van der Waals surface area contributed by atoms with Crippen molar-refractivity contribution in [2.75, 3.05) is 19.6 Å². The summed E-state index contributed by atoms with van der Waals surface area (Å²) >= 11 is 0. The van der Waals surface area contributed by atoms with Crippen molar-refractivity contribution >= 4 is 5.84 Å². The van der Waals surface area contributed by atoms with Crippen LogP contribution in [-0.4, -0.2) is 41.1 Å². The first kappa shape index (κ1) is 11.5. The summed E-state index contributed by atoms with van der Waals surface area (Å²) in [5.41, 5.74) is 4.81. The average Bonchev–Trinajstić information content (AvgIpc) is 2.23. The first-order chi connectivity index (χ1) is 6.49. The van der Waals surface area contributed by atoms with Crippen LogP contribution >= 0.6 is 0 Å². The summed E-state index contributed by atoms with van der Waals surface area (Å²) in [5, 5.41) is 17.0. The molecule has 0 bridgehead atoms. The quantitative estimate of drug-likeness (QED) is 0.459. The number of hydrogen-bond donors (Lipinski definition) is 3. The molecule has 0 aromatic heterocycles. The Morgan fingerprint density at radius 2 is 2.21 bits per heavy atom. The normalized spacial score (nSPS) is 29.9. The van der Waals surface area contributed by atoms with Crippen LogP contribution in [0.5, 0.6) is 0 Å². The number of hydrogen-bond acceptors (Lipinski definition) is 3. The molecule has 1 saturated heterocycles. The van der Waals surface area contributed by atoms with Crippen molar-refractivity contribution in [3.8, 4) is 0 Å². The van der Waals surface area contributed by atoms with Gasteiger partial charge in [-0.05, 0) is 32.7 Å². The maximum Gasteiger partial charge on any atom is 0.0918 e. The highest BCUT2D eigenvalue weighted by Gasteiger charge is 2.24. The Bertz CT molecular complexity index is 204. The number of nitrogens with zero attached hydrogens (tertiary/aromatic N) is 1. The largest absolute Gasteiger partial charge is 0.390 e. The van der Waals surface area contributed by atoms with E-state index in [-0.39, 0.29) is 5.84 Å². The first-order valence-electron chi connectivity index (χ1n) is 5.27. The number of rotatable bonds is 3. The molecule has 0 aromatic carbocycles. The second-order valence-electron chi connectivity index (χ2n) is 4.47. The Morgan fingerprint density at radius 3 is 2.86 bits per heavy atom. The van der Waals surface area contributed by atoms with Crippen molar-refractivity contribution < 1.29 is 5.11 Å². The SMILES string of the molecule is CC1(O)CCCN(CCC(=N)N)CC1. The minimum Gasteiger partial charge on any atom is -0.390 e. The van der Waals surface area contributed by atoms with Gasteiger partial charge in [0.2, 0.25) is 0 Å². The molecular weight excluding hydrogens is 178 g/mol. The minimum atomic E-state index is -0.495. The molecule has 1 unspecified atom stereocenters. The molecule has 1 rings (SSSR count). The molecule has 0 amide bonds. The van der Waals surface area contributed by atoms with Gasteiger partial charge in [0.1, 0.15) is 0 Å². The smallest absolute Gasteiger partial charge is 0.0918 e. The zero-order chi connectivity index (χ0) is 10.6. The third kappa shape index (κ3) is 4.07. The molecule has 14 heavy (non-hydrogen) atoms. The molecule has 1 atom stereocenters. The van der Waals surface area contributed by atoms with Crippen LogP contribution in [0.2, 0.25) is 0 Å². The predicted molar refractivity (Wildman–Crippen MR) is 57.4 cm³/mol. The molecule has 0 aliphatic carbocycles. The summed E-state index contributed by atoms with van der Waals surface area (Å²) in [5.74, 6) is 0.251. The molecular formula is C10H21N3O. The van der Waals surface area contributed by atoms with E-state index >= 15 is 0 Å². The van der Waals surface area contributed by atoms with E-state index in [9.17, 15) is 5.11 Å². The summed E-state index contributed by atoms with van der Waals surface area (Å²) in [4.78, 5) is 2.28. The molecule has 0 radical (unpaired) electrons. The van der Waals surface area contributed by atoms with Crippen LogP contribution in [0, 0.1) is 5.41 Å². The third-order valence-electron chi connectivity index (χ3n) is 2.85. The van der Waals surface area contributed by atoms with Gasteiger partial charge in [0.15, 0.2) is 0 Å². The molecule has 1 aliphatic heterocycles. The van der Waals surface area contributed by atoms with E-state index in [2.05, 4.69) is 4.90 Å². The van der Waals surface area contributed by atoms with Gasteiger partial charge in [-0.3, -0.25) is 5.41 Å². The van der Waals surface area contributed by atoms with Crippen molar-refractivity contribution in [1.82, 2.24) is 4.90 Å². The maximum atomic E-state index is 9.86. The fraction of sp³-hybridized carbons (Fsp3) is 0.900. The van der Waals surface area contributed by atoms with Crippen molar-refractivity contribution in [2.24, 2.45) is 5.73 Å². The molecule has 1 fully saturated rings. The molecule has 0 saturated carbocycles. The first-order valence-corrected chi connectivity index (χ1v) is 5.27. The summed E-state index contributed by atoms with van der Waals surface area (Å²) in [7, 11) is 0. The lowest BCUT2D eigenvalue weighted by molar-refractivity contribution is 0.0447. The van der Waals surface area contributed by atoms with E-state index in [0.29, 0.717) is 6.42 Å². The van der Waals surface area contributed by atoms with E-state index in [4.69, 9.17) is 11.1 Å². The number of amidine groups is 1. The van der Waals surface area contributed by atoms with Crippen LogP contribution in [0.25, 0.3) is 0 Å². The van der Waals surface area contributed by atoms with Crippen LogP contribution < -0.4 is 5.73 Å².